The Labute approximate surface area is 101 Å². The maximum absolute atomic E-state index is 11.8. The largest absolute Gasteiger partial charge is 0.330 e. The zero-order valence-electron chi connectivity index (χ0n) is 9.45. The second-order valence-electron chi connectivity index (χ2n) is 3.90. The molecule has 0 amide bonds. The second-order valence-corrected chi connectivity index (χ2v) is 4.30. The summed E-state index contributed by atoms with van der Waals surface area (Å²) in [6.07, 6.45) is 5.05. The molecule has 1 rings (SSSR count). The highest BCUT2D eigenvalue weighted by molar-refractivity contribution is 6.31. The quantitative estimate of drug-likeness (QED) is 0.830. The number of hydrogen-bond donors (Lipinski definition) is 1. The van der Waals surface area contributed by atoms with Crippen molar-refractivity contribution in [1.82, 2.24) is 4.98 Å². The van der Waals surface area contributed by atoms with Crippen molar-refractivity contribution >= 4 is 17.4 Å². The van der Waals surface area contributed by atoms with Gasteiger partial charge in [-0.2, -0.15) is 0 Å². The topological polar surface area (TPSA) is 56.0 Å². The van der Waals surface area contributed by atoms with Gasteiger partial charge < -0.3 is 5.73 Å². The number of rotatable bonds is 6. The fraction of sp³-hybridized carbons (Fsp3) is 0.500. The maximum Gasteiger partial charge on any atom is 0.137 e. The summed E-state index contributed by atoms with van der Waals surface area (Å²) in [4.78, 5) is 15.6. The molecule has 0 radical (unpaired) electrons. The Morgan fingerprint density at radius 3 is 2.94 bits per heavy atom. The van der Waals surface area contributed by atoms with Gasteiger partial charge in [-0.25, -0.2) is 0 Å². The van der Waals surface area contributed by atoms with E-state index in [0.717, 1.165) is 12.0 Å². The predicted molar refractivity (Wildman–Crippen MR) is 65.4 cm³/mol. The number of hydrogen-bond acceptors (Lipinski definition) is 3. The molecular weight excluding hydrogens is 224 g/mol. The van der Waals surface area contributed by atoms with Gasteiger partial charge in [-0.05, 0) is 24.1 Å². The predicted octanol–water partition coefficient (Wildman–Crippen LogP) is 2.22. The monoisotopic (exact) mass is 240 g/mol. The average Bonchev–Trinajstić information content (AvgIpc) is 2.29. The van der Waals surface area contributed by atoms with Crippen LogP contribution in [0.3, 0.4) is 0 Å². The van der Waals surface area contributed by atoms with Crippen LogP contribution in [-0.2, 0) is 11.2 Å². The smallest absolute Gasteiger partial charge is 0.137 e. The number of nitrogens with zero attached hydrogens (tertiary/aromatic N) is 1. The lowest BCUT2D eigenvalue weighted by molar-refractivity contribution is -0.119. The molecule has 4 heteroatoms. The molecular formula is C12H17ClN2O. The lowest BCUT2D eigenvalue weighted by Crippen LogP contribution is -2.18. The van der Waals surface area contributed by atoms with E-state index in [1.54, 1.807) is 18.5 Å². The molecule has 0 spiro atoms. The molecule has 0 bridgehead atoms. The van der Waals surface area contributed by atoms with Crippen LogP contribution in [0, 0.1) is 5.92 Å². The van der Waals surface area contributed by atoms with Crippen LogP contribution in [0.1, 0.15) is 25.3 Å². The minimum absolute atomic E-state index is 0.186. The van der Waals surface area contributed by atoms with Crippen molar-refractivity contribution in [2.24, 2.45) is 11.7 Å². The van der Waals surface area contributed by atoms with Crippen molar-refractivity contribution in [3.8, 4) is 0 Å². The van der Waals surface area contributed by atoms with E-state index in [1.807, 2.05) is 6.92 Å². The summed E-state index contributed by atoms with van der Waals surface area (Å²) in [5, 5.41) is 0.552. The van der Waals surface area contributed by atoms with E-state index in [0.29, 0.717) is 24.4 Å². The molecule has 3 nitrogen and oxygen atoms in total. The molecule has 0 aromatic carbocycles. The van der Waals surface area contributed by atoms with Crippen LogP contribution in [0.15, 0.2) is 18.5 Å². The number of Topliss-reactive ketones (excluding diaryl/α,β-unsaturated/α-hetero) is 1. The summed E-state index contributed by atoms with van der Waals surface area (Å²) >= 11 is 5.93. The van der Waals surface area contributed by atoms with Gasteiger partial charge in [-0.15, -0.1) is 0 Å². The highest BCUT2D eigenvalue weighted by Crippen LogP contribution is 2.16. The van der Waals surface area contributed by atoms with Gasteiger partial charge in [0.05, 0.1) is 5.02 Å². The van der Waals surface area contributed by atoms with Gasteiger partial charge in [-0.3, -0.25) is 9.78 Å². The molecule has 2 N–H and O–H groups in total. The number of nitrogens with two attached hydrogens (primary N) is 1. The summed E-state index contributed by atoms with van der Waals surface area (Å²) in [6.45, 7) is 2.61. The third-order valence-electron chi connectivity index (χ3n) is 2.67. The first-order chi connectivity index (χ1) is 7.67. The van der Waals surface area contributed by atoms with Crippen LogP contribution < -0.4 is 5.73 Å². The fourth-order valence-electron chi connectivity index (χ4n) is 1.55. The zero-order valence-corrected chi connectivity index (χ0v) is 10.2. The van der Waals surface area contributed by atoms with Gasteiger partial charge in [0.15, 0.2) is 0 Å². The van der Waals surface area contributed by atoms with Gasteiger partial charge in [0.25, 0.3) is 0 Å². The van der Waals surface area contributed by atoms with E-state index >= 15 is 0 Å². The Bertz CT molecular complexity index is 351. The first kappa shape index (κ1) is 13.1. The summed E-state index contributed by atoms with van der Waals surface area (Å²) < 4.78 is 0. The normalized spacial score (nSPS) is 12.4. The molecule has 0 saturated carbocycles. The van der Waals surface area contributed by atoms with Crippen LogP contribution in [0.5, 0.6) is 0 Å². The van der Waals surface area contributed by atoms with E-state index in [9.17, 15) is 4.79 Å². The van der Waals surface area contributed by atoms with Crippen molar-refractivity contribution in [2.75, 3.05) is 6.54 Å². The van der Waals surface area contributed by atoms with Crippen LogP contribution in [0.4, 0.5) is 0 Å². The first-order valence-corrected chi connectivity index (χ1v) is 5.85. The summed E-state index contributed by atoms with van der Waals surface area (Å²) in [5.41, 5.74) is 6.41. The number of aromatic nitrogens is 1. The van der Waals surface area contributed by atoms with E-state index in [1.165, 1.54) is 0 Å². The molecule has 0 aliphatic rings. The van der Waals surface area contributed by atoms with Crippen molar-refractivity contribution in [3.63, 3.8) is 0 Å². The van der Waals surface area contributed by atoms with Gasteiger partial charge in [0.1, 0.15) is 5.78 Å². The van der Waals surface area contributed by atoms with E-state index in [2.05, 4.69) is 4.98 Å². The van der Waals surface area contributed by atoms with Crippen LogP contribution in [0.2, 0.25) is 5.02 Å². The molecule has 0 aliphatic heterocycles. The lowest BCUT2D eigenvalue weighted by atomic mass is 9.97. The van der Waals surface area contributed by atoms with Crippen molar-refractivity contribution in [1.29, 1.82) is 0 Å². The SMILES string of the molecule is CCC(CN)CC(=O)Cc1ccncc1Cl. The molecule has 16 heavy (non-hydrogen) atoms. The third kappa shape index (κ3) is 3.91. The summed E-state index contributed by atoms with van der Waals surface area (Å²) in [5.74, 6) is 0.471. The number of ketones is 1. The maximum atomic E-state index is 11.8. The minimum Gasteiger partial charge on any atom is -0.330 e. The standard InChI is InChI=1S/C12H17ClN2O/c1-2-9(7-14)5-11(16)6-10-3-4-15-8-12(10)13/h3-4,8-9H,2,5-7,14H2,1H3. The summed E-state index contributed by atoms with van der Waals surface area (Å²) in [6, 6.07) is 1.78. The van der Waals surface area contributed by atoms with E-state index in [-0.39, 0.29) is 11.7 Å². The Balaban J connectivity index is 2.55. The molecule has 1 atom stereocenters. The Morgan fingerprint density at radius 1 is 1.62 bits per heavy atom. The van der Waals surface area contributed by atoms with Crippen molar-refractivity contribution < 1.29 is 4.79 Å². The highest BCUT2D eigenvalue weighted by atomic mass is 35.5. The zero-order chi connectivity index (χ0) is 12.0. The molecule has 0 fully saturated rings. The van der Waals surface area contributed by atoms with Gasteiger partial charge in [0, 0.05) is 25.2 Å². The molecule has 1 aromatic rings. The van der Waals surface area contributed by atoms with Crippen LogP contribution in [0.25, 0.3) is 0 Å². The lowest BCUT2D eigenvalue weighted by Gasteiger charge is -2.11. The fourth-order valence-corrected chi connectivity index (χ4v) is 1.73. The first-order valence-electron chi connectivity index (χ1n) is 5.47. The van der Waals surface area contributed by atoms with E-state index in [4.69, 9.17) is 17.3 Å². The molecule has 1 aromatic heterocycles. The number of halogens is 1. The second kappa shape index (κ2) is 6.61. The van der Waals surface area contributed by atoms with Crippen molar-refractivity contribution in [2.45, 2.75) is 26.2 Å². The molecule has 1 unspecified atom stereocenters. The van der Waals surface area contributed by atoms with Crippen molar-refractivity contribution in [3.05, 3.63) is 29.0 Å². The Morgan fingerprint density at radius 2 is 2.38 bits per heavy atom. The van der Waals surface area contributed by atoms with Gasteiger partial charge >= 0.3 is 0 Å². The molecule has 1 heterocycles. The molecule has 88 valence electrons. The Hall–Kier alpha value is -0.930. The molecule has 0 saturated heterocycles. The summed E-state index contributed by atoms with van der Waals surface area (Å²) in [7, 11) is 0. The van der Waals surface area contributed by atoms with Crippen LogP contribution in [-0.4, -0.2) is 17.3 Å². The highest BCUT2D eigenvalue weighted by Gasteiger charge is 2.12. The number of pyridine rings is 1. The average molecular weight is 241 g/mol. The third-order valence-corrected chi connectivity index (χ3v) is 3.01. The van der Waals surface area contributed by atoms with E-state index < -0.39 is 0 Å². The van der Waals surface area contributed by atoms with Gasteiger partial charge in [-0.1, -0.05) is 24.9 Å². The minimum atomic E-state index is 0.186. The van der Waals surface area contributed by atoms with Crippen LogP contribution >= 0.6 is 11.6 Å². The van der Waals surface area contributed by atoms with Gasteiger partial charge in [0.2, 0.25) is 0 Å². The Kier molecular flexibility index (Phi) is 5.43. The number of carbonyl (C=O) groups is 1. The molecule has 0 aliphatic carbocycles. The number of carbonyl (C=O) groups excluding carboxylic acids is 1.